The zero-order valence-corrected chi connectivity index (χ0v) is 9.03. The molecular weight excluding hydrogens is 188 g/mol. The van der Waals surface area contributed by atoms with Crippen LogP contribution in [0.1, 0.15) is 25.7 Å². The van der Waals surface area contributed by atoms with Crippen molar-refractivity contribution in [1.29, 1.82) is 0 Å². The van der Waals surface area contributed by atoms with Crippen molar-refractivity contribution in [2.75, 3.05) is 7.11 Å². The minimum Gasteiger partial charge on any atom is -0.466 e. The van der Waals surface area contributed by atoms with Crippen molar-refractivity contribution in [3.05, 3.63) is 23.8 Å². The Kier molecular flexibility index (Phi) is 1.82. The standard InChI is InChI=1S/C13H16O2/c1-15-12(14)10-6-8-13-7-2-3-9(13)4-5-11(10)13/h2,6-7,9,11H,3-5,8H2,1H3/t9-,11+,13+/m1/s1. The normalized spacial score (nSPS) is 41.3. The molecular formula is C13H16O2. The van der Waals surface area contributed by atoms with Crippen LogP contribution in [-0.4, -0.2) is 13.1 Å². The molecule has 0 heterocycles. The van der Waals surface area contributed by atoms with E-state index in [1.165, 1.54) is 20.0 Å². The Bertz CT molecular complexity index is 367. The molecule has 3 rings (SSSR count). The minimum absolute atomic E-state index is 0.113. The minimum atomic E-state index is -0.113. The molecule has 1 saturated carbocycles. The van der Waals surface area contributed by atoms with Gasteiger partial charge < -0.3 is 4.74 Å². The summed E-state index contributed by atoms with van der Waals surface area (Å²) in [6, 6.07) is 0. The molecule has 1 spiro atoms. The first-order valence-electron chi connectivity index (χ1n) is 5.74. The average molecular weight is 204 g/mol. The summed E-state index contributed by atoms with van der Waals surface area (Å²) in [6.07, 6.45) is 11.5. The topological polar surface area (TPSA) is 26.3 Å². The predicted molar refractivity (Wildman–Crippen MR) is 57.1 cm³/mol. The lowest BCUT2D eigenvalue weighted by Gasteiger charge is -2.29. The molecule has 2 heteroatoms. The largest absolute Gasteiger partial charge is 0.466 e. The number of methoxy groups -OCH3 is 1. The summed E-state index contributed by atoms with van der Waals surface area (Å²) in [5.41, 5.74) is 1.23. The number of allylic oxidation sites excluding steroid dienone is 3. The van der Waals surface area contributed by atoms with Gasteiger partial charge in [-0.2, -0.15) is 0 Å². The summed E-state index contributed by atoms with van der Waals surface area (Å²) in [5, 5.41) is 0. The molecule has 80 valence electrons. The van der Waals surface area contributed by atoms with Gasteiger partial charge in [-0.25, -0.2) is 4.79 Å². The van der Waals surface area contributed by atoms with Crippen LogP contribution in [0.25, 0.3) is 0 Å². The van der Waals surface area contributed by atoms with Crippen molar-refractivity contribution in [3.8, 4) is 0 Å². The Morgan fingerprint density at radius 1 is 1.53 bits per heavy atom. The average Bonchev–Trinajstić information content (AvgIpc) is 2.85. The van der Waals surface area contributed by atoms with E-state index in [0.29, 0.717) is 11.3 Å². The van der Waals surface area contributed by atoms with E-state index in [1.54, 1.807) is 0 Å². The van der Waals surface area contributed by atoms with E-state index in [4.69, 9.17) is 4.74 Å². The van der Waals surface area contributed by atoms with Gasteiger partial charge >= 0.3 is 5.97 Å². The van der Waals surface area contributed by atoms with Gasteiger partial charge in [-0.05, 0) is 31.6 Å². The van der Waals surface area contributed by atoms with Gasteiger partial charge in [-0.15, -0.1) is 0 Å². The number of carbonyl (C=O) groups excluding carboxylic acids is 1. The highest BCUT2D eigenvalue weighted by atomic mass is 16.5. The fourth-order valence-corrected chi connectivity index (χ4v) is 3.83. The molecule has 0 amide bonds. The molecule has 2 nitrogen and oxygen atoms in total. The van der Waals surface area contributed by atoms with Crippen LogP contribution in [0.2, 0.25) is 0 Å². The highest BCUT2D eigenvalue weighted by Gasteiger charge is 2.54. The number of carbonyl (C=O) groups is 1. The molecule has 0 aromatic carbocycles. The van der Waals surface area contributed by atoms with Crippen molar-refractivity contribution in [2.45, 2.75) is 25.7 Å². The zero-order chi connectivity index (χ0) is 10.5. The smallest absolute Gasteiger partial charge is 0.333 e. The van der Waals surface area contributed by atoms with Gasteiger partial charge in [0, 0.05) is 16.9 Å². The summed E-state index contributed by atoms with van der Waals surface area (Å²) in [5.74, 6) is 1.10. The van der Waals surface area contributed by atoms with Crippen molar-refractivity contribution >= 4 is 5.97 Å². The van der Waals surface area contributed by atoms with E-state index in [-0.39, 0.29) is 5.97 Å². The maximum absolute atomic E-state index is 11.6. The first kappa shape index (κ1) is 9.20. The van der Waals surface area contributed by atoms with Crippen LogP contribution < -0.4 is 0 Å². The number of hydrogen-bond donors (Lipinski definition) is 0. The Morgan fingerprint density at radius 3 is 3.20 bits per heavy atom. The summed E-state index contributed by atoms with van der Waals surface area (Å²) in [4.78, 5) is 11.6. The fourth-order valence-electron chi connectivity index (χ4n) is 3.83. The lowest BCUT2D eigenvalue weighted by Crippen LogP contribution is -2.25. The summed E-state index contributed by atoms with van der Waals surface area (Å²) < 4.78 is 4.86. The van der Waals surface area contributed by atoms with Gasteiger partial charge in [-0.3, -0.25) is 0 Å². The molecule has 0 unspecified atom stereocenters. The first-order chi connectivity index (χ1) is 7.28. The van der Waals surface area contributed by atoms with Crippen LogP contribution in [0, 0.1) is 17.3 Å². The maximum atomic E-state index is 11.6. The predicted octanol–water partition coefficient (Wildman–Crippen LogP) is 2.46. The molecule has 15 heavy (non-hydrogen) atoms. The summed E-state index contributed by atoms with van der Waals surface area (Å²) >= 11 is 0. The number of rotatable bonds is 1. The third kappa shape index (κ3) is 1.02. The monoisotopic (exact) mass is 204 g/mol. The SMILES string of the molecule is COC(=O)C1=CC[C@@]23C=CC[C@@H]2CC[C@@H]13. The molecule has 0 saturated heterocycles. The van der Waals surface area contributed by atoms with Gasteiger partial charge in [0.25, 0.3) is 0 Å². The van der Waals surface area contributed by atoms with Gasteiger partial charge in [0.15, 0.2) is 0 Å². The maximum Gasteiger partial charge on any atom is 0.333 e. The Morgan fingerprint density at radius 2 is 2.40 bits per heavy atom. The highest BCUT2D eigenvalue weighted by Crippen LogP contribution is 2.61. The number of esters is 1. The second-order valence-corrected chi connectivity index (χ2v) is 4.93. The fraction of sp³-hybridized carbons (Fsp3) is 0.615. The van der Waals surface area contributed by atoms with Crippen molar-refractivity contribution in [2.24, 2.45) is 17.3 Å². The van der Waals surface area contributed by atoms with Crippen LogP contribution in [-0.2, 0) is 9.53 Å². The molecule has 0 bridgehead atoms. The second-order valence-electron chi connectivity index (χ2n) is 4.93. The van der Waals surface area contributed by atoms with E-state index >= 15 is 0 Å². The van der Waals surface area contributed by atoms with E-state index < -0.39 is 0 Å². The Balaban J connectivity index is 1.94. The molecule has 3 aliphatic carbocycles. The van der Waals surface area contributed by atoms with Crippen molar-refractivity contribution in [3.63, 3.8) is 0 Å². The zero-order valence-electron chi connectivity index (χ0n) is 9.03. The first-order valence-corrected chi connectivity index (χ1v) is 5.74. The quantitative estimate of drug-likeness (QED) is 0.484. The van der Waals surface area contributed by atoms with Crippen LogP contribution in [0.15, 0.2) is 23.8 Å². The molecule has 0 aromatic rings. The van der Waals surface area contributed by atoms with Crippen molar-refractivity contribution in [1.82, 2.24) is 0 Å². The van der Waals surface area contributed by atoms with Crippen LogP contribution in [0.4, 0.5) is 0 Å². The van der Waals surface area contributed by atoms with Crippen molar-refractivity contribution < 1.29 is 9.53 Å². The molecule has 0 aromatic heterocycles. The number of hydrogen-bond acceptors (Lipinski definition) is 2. The molecule has 0 aliphatic heterocycles. The highest BCUT2D eigenvalue weighted by molar-refractivity contribution is 5.90. The molecule has 0 N–H and O–H groups in total. The third-order valence-electron chi connectivity index (χ3n) is 4.53. The molecule has 3 atom stereocenters. The van der Waals surface area contributed by atoms with Gasteiger partial charge in [0.1, 0.15) is 0 Å². The molecule has 3 aliphatic rings. The summed E-state index contributed by atoms with van der Waals surface area (Å²) in [6.45, 7) is 0. The lowest BCUT2D eigenvalue weighted by atomic mass is 9.74. The molecule has 1 fully saturated rings. The van der Waals surface area contributed by atoms with E-state index in [1.807, 2.05) is 0 Å². The molecule has 0 radical (unpaired) electrons. The van der Waals surface area contributed by atoms with Crippen LogP contribution in [0.3, 0.4) is 0 Å². The van der Waals surface area contributed by atoms with E-state index in [2.05, 4.69) is 18.2 Å². The Labute approximate surface area is 90.0 Å². The van der Waals surface area contributed by atoms with Gasteiger partial charge in [0.2, 0.25) is 0 Å². The lowest BCUT2D eigenvalue weighted by molar-refractivity contribution is -0.136. The van der Waals surface area contributed by atoms with E-state index in [9.17, 15) is 4.79 Å². The third-order valence-corrected chi connectivity index (χ3v) is 4.53. The Hall–Kier alpha value is -1.05. The van der Waals surface area contributed by atoms with Crippen LogP contribution in [0.5, 0.6) is 0 Å². The van der Waals surface area contributed by atoms with Crippen LogP contribution >= 0.6 is 0 Å². The van der Waals surface area contributed by atoms with Gasteiger partial charge in [0.05, 0.1) is 7.11 Å². The van der Waals surface area contributed by atoms with Gasteiger partial charge in [-0.1, -0.05) is 18.2 Å². The second kappa shape index (κ2) is 2.97. The van der Waals surface area contributed by atoms with E-state index in [0.717, 1.165) is 24.3 Å². The summed E-state index contributed by atoms with van der Waals surface area (Å²) in [7, 11) is 1.48. The number of ether oxygens (including phenoxy) is 1.